The molecular weight excluding hydrogens is 484 g/mol. The number of ether oxygens (including phenoxy) is 1. The zero-order valence-electron chi connectivity index (χ0n) is 23.3. The van der Waals surface area contributed by atoms with Gasteiger partial charge in [-0.2, -0.15) is 0 Å². The number of carbonyl (C=O) groups excluding carboxylic acids is 5. The molecule has 2 unspecified atom stereocenters. The van der Waals surface area contributed by atoms with Gasteiger partial charge in [0.2, 0.25) is 11.8 Å². The van der Waals surface area contributed by atoms with E-state index < -0.39 is 5.92 Å². The molecule has 1 fully saturated rings. The van der Waals surface area contributed by atoms with Crippen LogP contribution in [-0.2, 0) is 41.7 Å². The quantitative estimate of drug-likeness (QED) is 0.243. The van der Waals surface area contributed by atoms with Gasteiger partial charge in [0.05, 0.1) is 5.92 Å². The molecule has 2 rings (SSSR count). The number of nitrogens with one attached hydrogen (secondary N) is 1. The van der Waals surface area contributed by atoms with Gasteiger partial charge in [0, 0.05) is 51.9 Å². The molecule has 0 spiro atoms. The van der Waals surface area contributed by atoms with Crippen molar-refractivity contribution in [3.8, 4) is 0 Å². The number of unbranched alkanes of at least 4 members (excludes halogenated alkanes) is 1. The molecule has 1 N–H and O–H groups in total. The van der Waals surface area contributed by atoms with Crippen LogP contribution in [0.25, 0.3) is 0 Å². The SMILES string of the molecule is CC(=O)C(C)CCCCNC(=O)CCCOCC(=O)N(C)Cc1ccc(CC(=O)C2CCCCC2=O)cc1. The molecule has 8 heteroatoms. The van der Waals surface area contributed by atoms with E-state index in [1.54, 1.807) is 18.9 Å². The van der Waals surface area contributed by atoms with Crippen LogP contribution < -0.4 is 5.32 Å². The van der Waals surface area contributed by atoms with E-state index in [4.69, 9.17) is 4.74 Å². The third kappa shape index (κ3) is 11.7. The van der Waals surface area contributed by atoms with Gasteiger partial charge < -0.3 is 15.0 Å². The van der Waals surface area contributed by atoms with Crippen LogP contribution in [0, 0.1) is 11.8 Å². The van der Waals surface area contributed by atoms with Crippen molar-refractivity contribution in [3.63, 3.8) is 0 Å². The Morgan fingerprint density at radius 3 is 2.45 bits per heavy atom. The van der Waals surface area contributed by atoms with Crippen molar-refractivity contribution in [2.45, 2.75) is 84.6 Å². The molecule has 2 amide bonds. The molecule has 38 heavy (non-hydrogen) atoms. The molecule has 1 aliphatic carbocycles. The monoisotopic (exact) mass is 528 g/mol. The van der Waals surface area contributed by atoms with Crippen molar-refractivity contribution >= 4 is 29.2 Å². The van der Waals surface area contributed by atoms with Crippen LogP contribution in [0.15, 0.2) is 24.3 Å². The largest absolute Gasteiger partial charge is 0.372 e. The Labute approximate surface area is 226 Å². The number of ketones is 3. The summed E-state index contributed by atoms with van der Waals surface area (Å²) in [7, 11) is 1.71. The number of Topliss-reactive ketones (excluding diaryl/α,β-unsaturated/α-hetero) is 3. The lowest BCUT2D eigenvalue weighted by Gasteiger charge is -2.19. The Morgan fingerprint density at radius 1 is 1.05 bits per heavy atom. The van der Waals surface area contributed by atoms with E-state index in [9.17, 15) is 24.0 Å². The van der Waals surface area contributed by atoms with Crippen LogP contribution in [0.3, 0.4) is 0 Å². The molecule has 1 aromatic rings. The van der Waals surface area contributed by atoms with E-state index in [0.29, 0.717) is 45.4 Å². The van der Waals surface area contributed by atoms with Crippen molar-refractivity contribution in [2.24, 2.45) is 11.8 Å². The lowest BCUT2D eigenvalue weighted by Crippen LogP contribution is -2.30. The summed E-state index contributed by atoms with van der Waals surface area (Å²) in [5.41, 5.74) is 1.82. The van der Waals surface area contributed by atoms with Crippen molar-refractivity contribution in [2.75, 3.05) is 26.8 Å². The average molecular weight is 529 g/mol. The zero-order chi connectivity index (χ0) is 27.9. The molecule has 0 aliphatic heterocycles. The van der Waals surface area contributed by atoms with E-state index in [0.717, 1.165) is 43.2 Å². The maximum atomic E-state index is 12.5. The predicted octanol–water partition coefficient (Wildman–Crippen LogP) is 3.82. The first-order valence-corrected chi connectivity index (χ1v) is 13.9. The molecule has 0 saturated heterocycles. The Bertz CT molecular complexity index is 943. The van der Waals surface area contributed by atoms with Gasteiger partial charge in [-0.15, -0.1) is 0 Å². The number of carbonyl (C=O) groups is 5. The van der Waals surface area contributed by atoms with Gasteiger partial charge in [-0.1, -0.05) is 44.0 Å². The summed E-state index contributed by atoms with van der Waals surface area (Å²) < 4.78 is 5.46. The van der Waals surface area contributed by atoms with Crippen molar-refractivity contribution < 1.29 is 28.7 Å². The molecule has 1 aliphatic rings. The Kier molecular flexibility index (Phi) is 13.9. The van der Waals surface area contributed by atoms with E-state index >= 15 is 0 Å². The third-order valence-corrected chi connectivity index (χ3v) is 7.19. The molecule has 0 bridgehead atoms. The average Bonchev–Trinajstić information content (AvgIpc) is 2.89. The van der Waals surface area contributed by atoms with Crippen LogP contribution in [0.2, 0.25) is 0 Å². The number of nitrogens with zero attached hydrogens (tertiary/aromatic N) is 1. The number of benzene rings is 1. The van der Waals surface area contributed by atoms with Crippen LogP contribution in [0.4, 0.5) is 0 Å². The standard InChI is InChI=1S/C30H44N2O6/c1-22(23(2)33)9-6-7-17-31-29(36)12-8-18-38-21-30(37)32(3)20-25-15-13-24(14-16-25)19-28(35)26-10-4-5-11-27(26)34/h13-16,22,26H,4-12,17-21H2,1-3H3,(H,31,36). The highest BCUT2D eigenvalue weighted by atomic mass is 16.5. The fourth-order valence-corrected chi connectivity index (χ4v) is 4.47. The summed E-state index contributed by atoms with van der Waals surface area (Å²) in [6.45, 7) is 4.84. The maximum Gasteiger partial charge on any atom is 0.248 e. The van der Waals surface area contributed by atoms with Gasteiger partial charge in [-0.25, -0.2) is 0 Å². The molecule has 210 valence electrons. The molecular formula is C30H44N2O6. The normalized spacial score (nSPS) is 16.1. The number of hydrogen-bond acceptors (Lipinski definition) is 6. The number of rotatable bonds is 17. The Morgan fingerprint density at radius 2 is 1.76 bits per heavy atom. The molecule has 1 saturated carbocycles. The minimum Gasteiger partial charge on any atom is -0.372 e. The lowest BCUT2D eigenvalue weighted by molar-refractivity contribution is -0.136. The molecule has 0 aromatic heterocycles. The first-order valence-electron chi connectivity index (χ1n) is 13.9. The van der Waals surface area contributed by atoms with Gasteiger partial charge in [-0.3, -0.25) is 24.0 Å². The second-order valence-corrected chi connectivity index (χ2v) is 10.5. The lowest BCUT2D eigenvalue weighted by atomic mass is 9.83. The third-order valence-electron chi connectivity index (χ3n) is 7.19. The van der Waals surface area contributed by atoms with Crippen LogP contribution in [0.5, 0.6) is 0 Å². The minimum atomic E-state index is -0.445. The Hall–Kier alpha value is -2.87. The van der Waals surface area contributed by atoms with Crippen LogP contribution >= 0.6 is 0 Å². The van der Waals surface area contributed by atoms with Crippen molar-refractivity contribution in [1.82, 2.24) is 10.2 Å². The van der Waals surface area contributed by atoms with Crippen molar-refractivity contribution in [1.29, 1.82) is 0 Å². The summed E-state index contributed by atoms with van der Waals surface area (Å²) in [6, 6.07) is 7.57. The summed E-state index contributed by atoms with van der Waals surface area (Å²) in [6.07, 6.45) is 6.75. The second kappa shape index (κ2) is 16.9. The minimum absolute atomic E-state index is 0.000175. The van der Waals surface area contributed by atoms with E-state index in [2.05, 4.69) is 5.32 Å². The highest BCUT2D eigenvalue weighted by molar-refractivity contribution is 6.03. The van der Waals surface area contributed by atoms with Crippen molar-refractivity contribution in [3.05, 3.63) is 35.4 Å². The first kappa shape index (κ1) is 31.3. The smallest absolute Gasteiger partial charge is 0.248 e. The van der Waals surface area contributed by atoms with Gasteiger partial charge in [0.15, 0.2) is 0 Å². The summed E-state index contributed by atoms with van der Waals surface area (Å²) in [5.74, 6) is -0.276. The molecule has 2 atom stereocenters. The number of hydrogen-bond donors (Lipinski definition) is 1. The van der Waals surface area contributed by atoms with Crippen LogP contribution in [-0.4, -0.2) is 60.9 Å². The highest BCUT2D eigenvalue weighted by Gasteiger charge is 2.28. The molecule has 0 heterocycles. The van der Waals surface area contributed by atoms with Gasteiger partial charge >= 0.3 is 0 Å². The predicted molar refractivity (Wildman–Crippen MR) is 145 cm³/mol. The van der Waals surface area contributed by atoms with E-state index in [1.165, 1.54) is 0 Å². The highest BCUT2D eigenvalue weighted by Crippen LogP contribution is 2.23. The number of amides is 2. The zero-order valence-corrected chi connectivity index (χ0v) is 23.3. The van der Waals surface area contributed by atoms with Gasteiger partial charge in [-0.05, 0) is 50.2 Å². The fourth-order valence-electron chi connectivity index (χ4n) is 4.47. The number of likely N-dealkylation sites (N-methyl/N-ethyl adjacent to an activating group) is 1. The molecule has 0 radical (unpaired) electrons. The Balaban J connectivity index is 1.57. The topological polar surface area (TPSA) is 110 Å². The second-order valence-electron chi connectivity index (χ2n) is 10.5. The van der Waals surface area contributed by atoms with Gasteiger partial charge in [0.25, 0.3) is 0 Å². The molecule has 1 aromatic carbocycles. The first-order chi connectivity index (χ1) is 18.2. The van der Waals surface area contributed by atoms with E-state index in [-0.39, 0.29) is 48.1 Å². The van der Waals surface area contributed by atoms with Crippen LogP contribution in [0.1, 0.15) is 82.8 Å². The maximum absolute atomic E-state index is 12.5. The molecule has 8 nitrogen and oxygen atoms in total. The summed E-state index contributed by atoms with van der Waals surface area (Å²) in [4.78, 5) is 61.6. The fraction of sp³-hybridized carbons (Fsp3) is 0.633. The summed E-state index contributed by atoms with van der Waals surface area (Å²) >= 11 is 0. The van der Waals surface area contributed by atoms with Gasteiger partial charge in [0.1, 0.15) is 24.0 Å². The van der Waals surface area contributed by atoms with E-state index in [1.807, 2.05) is 31.2 Å². The summed E-state index contributed by atoms with van der Waals surface area (Å²) in [5, 5.41) is 2.88.